The molecule has 1 saturated heterocycles. The molecule has 1 atom stereocenters. The number of aryl methyl sites for hydroxylation is 1. The van der Waals surface area contributed by atoms with Crippen molar-refractivity contribution in [2.75, 3.05) is 24.7 Å². The van der Waals surface area contributed by atoms with Crippen molar-refractivity contribution < 1.29 is 9.53 Å². The third kappa shape index (κ3) is 2.40. The van der Waals surface area contributed by atoms with Crippen LogP contribution in [0.15, 0.2) is 0 Å². The van der Waals surface area contributed by atoms with Gasteiger partial charge in [-0.25, -0.2) is 9.97 Å². The second kappa shape index (κ2) is 4.98. The minimum Gasteiger partial charge on any atom is -0.377 e. The third-order valence-electron chi connectivity index (χ3n) is 2.75. The standard InChI is InChI=1S/C11H14ClN3O2/c1-7-6-17-4-3-15(7)11-9(5-16)10(12)13-8(2)14-11/h5,7H,3-4,6H2,1-2H3. The second-order valence-corrected chi connectivity index (χ2v) is 4.39. The summed E-state index contributed by atoms with van der Waals surface area (Å²) in [7, 11) is 0. The molecule has 1 unspecified atom stereocenters. The summed E-state index contributed by atoms with van der Waals surface area (Å²) in [5.41, 5.74) is 0.353. The van der Waals surface area contributed by atoms with Crippen LogP contribution in [0, 0.1) is 6.92 Å². The molecule has 1 aliphatic rings. The smallest absolute Gasteiger partial charge is 0.156 e. The average molecular weight is 256 g/mol. The van der Waals surface area contributed by atoms with Gasteiger partial charge in [0.15, 0.2) is 6.29 Å². The van der Waals surface area contributed by atoms with E-state index in [1.807, 2.05) is 11.8 Å². The summed E-state index contributed by atoms with van der Waals surface area (Å²) < 4.78 is 5.36. The van der Waals surface area contributed by atoms with Crippen LogP contribution < -0.4 is 4.90 Å². The minimum absolute atomic E-state index is 0.174. The van der Waals surface area contributed by atoms with Gasteiger partial charge < -0.3 is 9.64 Å². The molecule has 6 heteroatoms. The Kier molecular flexibility index (Phi) is 3.59. The lowest BCUT2D eigenvalue weighted by Gasteiger charge is -2.35. The van der Waals surface area contributed by atoms with Gasteiger partial charge in [-0.15, -0.1) is 0 Å². The van der Waals surface area contributed by atoms with Crippen molar-refractivity contribution in [2.24, 2.45) is 0 Å². The van der Waals surface area contributed by atoms with Gasteiger partial charge in [0.05, 0.1) is 24.8 Å². The number of halogens is 1. The van der Waals surface area contributed by atoms with Gasteiger partial charge in [0.2, 0.25) is 0 Å². The summed E-state index contributed by atoms with van der Waals surface area (Å²) in [4.78, 5) is 21.4. The van der Waals surface area contributed by atoms with E-state index in [-0.39, 0.29) is 11.2 Å². The Bertz CT molecular complexity index is 439. The molecule has 17 heavy (non-hydrogen) atoms. The lowest BCUT2D eigenvalue weighted by molar-refractivity contribution is 0.0981. The zero-order valence-corrected chi connectivity index (χ0v) is 10.6. The molecular weight excluding hydrogens is 242 g/mol. The van der Waals surface area contributed by atoms with Crippen molar-refractivity contribution >= 4 is 23.7 Å². The van der Waals surface area contributed by atoms with Crippen LogP contribution in [0.5, 0.6) is 0 Å². The summed E-state index contributed by atoms with van der Waals surface area (Å²) in [5.74, 6) is 1.17. The van der Waals surface area contributed by atoms with Crippen LogP contribution in [0.2, 0.25) is 5.15 Å². The number of ether oxygens (including phenoxy) is 1. The molecule has 2 heterocycles. The molecule has 2 rings (SSSR count). The average Bonchev–Trinajstić information content (AvgIpc) is 2.28. The van der Waals surface area contributed by atoms with Crippen LogP contribution in [0.1, 0.15) is 23.1 Å². The number of carbonyl (C=O) groups is 1. The Hall–Kier alpha value is -1.20. The highest BCUT2D eigenvalue weighted by Gasteiger charge is 2.24. The predicted octanol–water partition coefficient (Wildman–Crippen LogP) is 1.48. The van der Waals surface area contributed by atoms with Gasteiger partial charge >= 0.3 is 0 Å². The summed E-state index contributed by atoms with van der Waals surface area (Å²) in [6, 6.07) is 0.174. The molecular formula is C11H14ClN3O2. The number of hydrogen-bond donors (Lipinski definition) is 0. The number of aldehydes is 1. The maximum atomic E-state index is 11.1. The highest BCUT2D eigenvalue weighted by molar-refractivity contribution is 6.32. The number of nitrogens with zero attached hydrogens (tertiary/aromatic N) is 3. The largest absolute Gasteiger partial charge is 0.377 e. The van der Waals surface area contributed by atoms with Crippen LogP contribution in [-0.2, 0) is 4.74 Å². The first kappa shape index (κ1) is 12.3. The van der Waals surface area contributed by atoms with E-state index in [1.54, 1.807) is 6.92 Å². The van der Waals surface area contributed by atoms with Crippen LogP contribution in [-0.4, -0.2) is 42.1 Å². The minimum atomic E-state index is 0.174. The van der Waals surface area contributed by atoms with Gasteiger partial charge in [-0.3, -0.25) is 4.79 Å². The summed E-state index contributed by atoms with van der Waals surface area (Å²) in [6.45, 7) is 5.74. The highest BCUT2D eigenvalue weighted by atomic mass is 35.5. The lowest BCUT2D eigenvalue weighted by Crippen LogP contribution is -2.44. The van der Waals surface area contributed by atoms with Crippen LogP contribution in [0.25, 0.3) is 0 Å². The molecule has 0 spiro atoms. The first-order chi connectivity index (χ1) is 8.13. The van der Waals surface area contributed by atoms with E-state index in [0.717, 1.165) is 0 Å². The molecule has 0 amide bonds. The molecule has 1 aliphatic heterocycles. The van der Waals surface area contributed by atoms with Gasteiger partial charge in [-0.1, -0.05) is 11.6 Å². The number of hydrogen-bond acceptors (Lipinski definition) is 5. The monoisotopic (exact) mass is 255 g/mol. The Balaban J connectivity index is 2.45. The molecule has 0 bridgehead atoms. The Morgan fingerprint density at radius 1 is 1.53 bits per heavy atom. The maximum Gasteiger partial charge on any atom is 0.156 e. The molecule has 1 aromatic rings. The van der Waals surface area contributed by atoms with Crippen LogP contribution in [0.4, 0.5) is 5.82 Å². The Labute approximate surface area is 105 Å². The number of anilines is 1. The van der Waals surface area contributed by atoms with E-state index in [0.29, 0.717) is 43.3 Å². The van der Waals surface area contributed by atoms with Gasteiger partial charge in [-0.05, 0) is 13.8 Å². The molecule has 0 aromatic carbocycles. The van der Waals surface area contributed by atoms with Crippen molar-refractivity contribution in [1.29, 1.82) is 0 Å². The molecule has 0 saturated carbocycles. The lowest BCUT2D eigenvalue weighted by atomic mass is 10.2. The van der Waals surface area contributed by atoms with Gasteiger partial charge in [-0.2, -0.15) is 0 Å². The van der Waals surface area contributed by atoms with E-state index >= 15 is 0 Å². The molecule has 5 nitrogen and oxygen atoms in total. The van der Waals surface area contributed by atoms with E-state index in [9.17, 15) is 4.79 Å². The number of aromatic nitrogens is 2. The van der Waals surface area contributed by atoms with Crippen LogP contribution >= 0.6 is 11.6 Å². The first-order valence-electron chi connectivity index (χ1n) is 5.47. The van der Waals surface area contributed by atoms with Crippen molar-refractivity contribution in [1.82, 2.24) is 9.97 Å². The van der Waals surface area contributed by atoms with Crippen LogP contribution in [0.3, 0.4) is 0 Å². The number of morpholine rings is 1. The highest BCUT2D eigenvalue weighted by Crippen LogP contribution is 2.25. The molecule has 0 radical (unpaired) electrons. The van der Waals surface area contributed by atoms with Crippen molar-refractivity contribution in [3.8, 4) is 0 Å². The topological polar surface area (TPSA) is 55.3 Å². The zero-order valence-electron chi connectivity index (χ0n) is 9.81. The van der Waals surface area contributed by atoms with Gasteiger partial charge in [0, 0.05) is 6.54 Å². The zero-order chi connectivity index (χ0) is 12.4. The van der Waals surface area contributed by atoms with Gasteiger partial charge in [0.1, 0.15) is 16.8 Å². The van der Waals surface area contributed by atoms with Gasteiger partial charge in [0.25, 0.3) is 0 Å². The molecule has 1 fully saturated rings. The number of rotatable bonds is 2. The molecule has 0 N–H and O–H groups in total. The van der Waals surface area contributed by atoms with E-state index in [2.05, 4.69) is 9.97 Å². The van der Waals surface area contributed by atoms with E-state index < -0.39 is 0 Å². The third-order valence-corrected chi connectivity index (χ3v) is 3.04. The fourth-order valence-corrected chi connectivity index (χ4v) is 2.15. The predicted molar refractivity (Wildman–Crippen MR) is 64.8 cm³/mol. The van der Waals surface area contributed by atoms with Crippen molar-refractivity contribution in [2.45, 2.75) is 19.9 Å². The summed E-state index contributed by atoms with van der Waals surface area (Å²) in [6.07, 6.45) is 0.708. The van der Waals surface area contributed by atoms with Crippen molar-refractivity contribution in [3.05, 3.63) is 16.5 Å². The first-order valence-corrected chi connectivity index (χ1v) is 5.85. The number of carbonyl (C=O) groups excluding carboxylic acids is 1. The quantitative estimate of drug-likeness (QED) is 0.592. The summed E-state index contributed by atoms with van der Waals surface area (Å²) >= 11 is 5.96. The fourth-order valence-electron chi connectivity index (χ4n) is 1.90. The SMILES string of the molecule is Cc1nc(Cl)c(C=O)c(N2CCOCC2C)n1. The molecule has 0 aliphatic carbocycles. The van der Waals surface area contributed by atoms with E-state index in [1.165, 1.54) is 0 Å². The normalized spacial score (nSPS) is 20.4. The fraction of sp³-hybridized carbons (Fsp3) is 0.545. The Morgan fingerprint density at radius 2 is 2.29 bits per heavy atom. The molecule has 92 valence electrons. The Morgan fingerprint density at radius 3 is 2.94 bits per heavy atom. The second-order valence-electron chi connectivity index (χ2n) is 4.03. The maximum absolute atomic E-state index is 11.1. The van der Waals surface area contributed by atoms with Crippen molar-refractivity contribution in [3.63, 3.8) is 0 Å². The summed E-state index contributed by atoms with van der Waals surface area (Å²) in [5, 5.41) is 0.209. The molecule has 1 aromatic heterocycles. The van der Waals surface area contributed by atoms with E-state index in [4.69, 9.17) is 16.3 Å².